The summed E-state index contributed by atoms with van der Waals surface area (Å²) in [6.07, 6.45) is 3.30. The lowest BCUT2D eigenvalue weighted by molar-refractivity contribution is 0.458. The molecule has 3 heterocycles. The zero-order valence-electron chi connectivity index (χ0n) is 14.2. The fourth-order valence-corrected chi connectivity index (χ4v) is 4.09. The van der Waals surface area contributed by atoms with Crippen molar-refractivity contribution in [2.45, 2.75) is 6.04 Å². The molecule has 6 heteroatoms. The van der Waals surface area contributed by atoms with Crippen molar-refractivity contribution in [1.82, 2.24) is 9.97 Å². The van der Waals surface area contributed by atoms with Crippen molar-refractivity contribution in [1.29, 1.82) is 0 Å². The fourth-order valence-electron chi connectivity index (χ4n) is 3.19. The van der Waals surface area contributed by atoms with E-state index in [4.69, 9.17) is 4.42 Å². The molecule has 0 aliphatic heterocycles. The number of aromatic hydroxyl groups is 1. The molecular weight excluding hydrogens is 358 g/mol. The summed E-state index contributed by atoms with van der Waals surface area (Å²) in [5.41, 5.74) is 2.20. The zero-order valence-corrected chi connectivity index (χ0v) is 15.0. The van der Waals surface area contributed by atoms with Crippen LogP contribution in [-0.2, 0) is 0 Å². The van der Waals surface area contributed by atoms with E-state index in [1.807, 2.05) is 60.7 Å². The first-order valence-corrected chi connectivity index (χ1v) is 9.33. The van der Waals surface area contributed by atoms with Gasteiger partial charge in [0, 0.05) is 17.1 Å². The van der Waals surface area contributed by atoms with Gasteiger partial charge in [0.2, 0.25) is 0 Å². The van der Waals surface area contributed by atoms with Gasteiger partial charge < -0.3 is 14.8 Å². The minimum Gasteiger partial charge on any atom is -0.505 e. The van der Waals surface area contributed by atoms with Crippen LogP contribution in [0.1, 0.15) is 17.4 Å². The fraction of sp³-hybridized carbons (Fsp3) is 0.0476. The summed E-state index contributed by atoms with van der Waals surface area (Å²) in [6, 6.07) is 18.9. The summed E-state index contributed by atoms with van der Waals surface area (Å²) in [5, 5.41) is 15.9. The van der Waals surface area contributed by atoms with Gasteiger partial charge in [0.25, 0.3) is 0 Å². The average Bonchev–Trinajstić information content (AvgIpc) is 3.36. The highest BCUT2D eigenvalue weighted by Crippen LogP contribution is 2.38. The molecule has 0 spiro atoms. The van der Waals surface area contributed by atoms with Gasteiger partial charge in [0.15, 0.2) is 5.13 Å². The van der Waals surface area contributed by atoms with Gasteiger partial charge in [-0.05, 0) is 30.3 Å². The summed E-state index contributed by atoms with van der Waals surface area (Å²) in [7, 11) is 0. The first-order chi connectivity index (χ1) is 13.3. The number of rotatable bonds is 4. The quantitative estimate of drug-likeness (QED) is 0.445. The van der Waals surface area contributed by atoms with E-state index in [2.05, 4.69) is 15.3 Å². The van der Waals surface area contributed by atoms with Crippen molar-refractivity contribution < 1.29 is 9.52 Å². The third-order valence-corrected chi connectivity index (χ3v) is 5.45. The molecule has 0 aliphatic carbocycles. The molecule has 2 N–H and O–H groups in total. The van der Waals surface area contributed by atoms with E-state index in [-0.39, 0.29) is 11.8 Å². The number of phenolic OH excluding ortho intramolecular Hbond substituents is 1. The second-order valence-corrected chi connectivity index (χ2v) is 7.19. The lowest BCUT2D eigenvalue weighted by Gasteiger charge is -2.18. The Balaban J connectivity index is 1.62. The van der Waals surface area contributed by atoms with Crippen molar-refractivity contribution >= 4 is 37.6 Å². The number of pyridine rings is 1. The summed E-state index contributed by atoms with van der Waals surface area (Å²) in [5.74, 6) is 0.836. The number of anilines is 1. The molecule has 0 aliphatic rings. The minimum absolute atomic E-state index is 0.142. The molecule has 0 bridgehead atoms. The molecule has 1 atom stereocenters. The van der Waals surface area contributed by atoms with Crippen LogP contribution in [0.5, 0.6) is 5.75 Å². The number of hydrogen-bond acceptors (Lipinski definition) is 6. The Kier molecular flexibility index (Phi) is 3.76. The molecule has 2 aromatic carbocycles. The van der Waals surface area contributed by atoms with Gasteiger partial charge in [-0.2, -0.15) is 0 Å². The first-order valence-electron chi connectivity index (χ1n) is 8.52. The monoisotopic (exact) mass is 373 g/mol. The van der Waals surface area contributed by atoms with Crippen molar-refractivity contribution in [2.75, 3.05) is 5.32 Å². The molecule has 0 unspecified atom stereocenters. The van der Waals surface area contributed by atoms with Crippen molar-refractivity contribution in [2.24, 2.45) is 0 Å². The van der Waals surface area contributed by atoms with Gasteiger partial charge in [0.05, 0.1) is 16.5 Å². The number of phenols is 1. The number of nitrogens with zero attached hydrogens (tertiary/aromatic N) is 2. The van der Waals surface area contributed by atoms with Crippen LogP contribution in [0.2, 0.25) is 0 Å². The summed E-state index contributed by atoms with van der Waals surface area (Å²) >= 11 is 1.57. The van der Waals surface area contributed by atoms with Gasteiger partial charge in [0.1, 0.15) is 23.1 Å². The number of benzene rings is 2. The second kappa shape index (κ2) is 6.41. The SMILES string of the molecule is Oc1c([C@H](Nc2nc3ccccc3s2)c2ccco2)ccc2cccnc12. The third kappa shape index (κ3) is 2.80. The van der Waals surface area contributed by atoms with E-state index >= 15 is 0 Å². The molecule has 0 saturated heterocycles. The van der Waals surface area contributed by atoms with Crippen LogP contribution in [0.15, 0.2) is 77.5 Å². The van der Waals surface area contributed by atoms with Crippen LogP contribution in [0.4, 0.5) is 5.13 Å². The first kappa shape index (κ1) is 15.8. The molecule has 27 heavy (non-hydrogen) atoms. The lowest BCUT2D eigenvalue weighted by atomic mass is 10.0. The predicted molar refractivity (Wildman–Crippen MR) is 107 cm³/mol. The molecule has 0 amide bonds. The van der Waals surface area contributed by atoms with E-state index in [0.717, 1.165) is 20.7 Å². The molecule has 132 valence electrons. The Bertz CT molecular complexity index is 1200. The normalized spacial score (nSPS) is 12.4. The Morgan fingerprint density at radius 1 is 1.00 bits per heavy atom. The van der Waals surface area contributed by atoms with Gasteiger partial charge in [-0.15, -0.1) is 0 Å². The maximum Gasteiger partial charge on any atom is 0.184 e. The Hall–Kier alpha value is -3.38. The smallest absolute Gasteiger partial charge is 0.184 e. The van der Waals surface area contributed by atoms with Gasteiger partial charge in [-0.3, -0.25) is 4.98 Å². The Morgan fingerprint density at radius 2 is 1.93 bits per heavy atom. The summed E-state index contributed by atoms with van der Waals surface area (Å²) in [4.78, 5) is 8.97. The molecule has 5 rings (SSSR count). The van der Waals surface area contributed by atoms with Crippen molar-refractivity contribution in [3.8, 4) is 5.75 Å². The number of aromatic nitrogens is 2. The highest BCUT2D eigenvalue weighted by molar-refractivity contribution is 7.22. The molecule has 0 radical (unpaired) electrons. The molecule has 5 nitrogen and oxygen atoms in total. The van der Waals surface area contributed by atoms with Crippen molar-refractivity contribution in [3.05, 3.63) is 84.4 Å². The number of furan rings is 1. The van der Waals surface area contributed by atoms with Gasteiger partial charge in [-0.25, -0.2) is 4.98 Å². The zero-order chi connectivity index (χ0) is 18.2. The van der Waals surface area contributed by atoms with E-state index in [0.29, 0.717) is 16.8 Å². The molecule has 5 aromatic rings. The molecular formula is C21H15N3O2S. The summed E-state index contributed by atoms with van der Waals surface area (Å²) in [6.45, 7) is 0. The highest BCUT2D eigenvalue weighted by Gasteiger charge is 2.23. The molecule has 3 aromatic heterocycles. The number of hydrogen-bond donors (Lipinski definition) is 2. The van der Waals surface area contributed by atoms with Crippen LogP contribution in [0, 0.1) is 0 Å². The standard InChI is InChI=1S/C21H15N3O2S/c25-20-14(10-9-13-5-3-11-22-18(13)20)19(16-7-4-12-26-16)24-21-23-15-6-1-2-8-17(15)27-21/h1-12,19,25H,(H,23,24)/t19-/m0/s1. The van der Waals surface area contributed by atoms with Crippen LogP contribution >= 0.6 is 11.3 Å². The topological polar surface area (TPSA) is 71.2 Å². The predicted octanol–water partition coefficient (Wildman–Crippen LogP) is 5.34. The number of para-hydroxylation sites is 1. The van der Waals surface area contributed by atoms with E-state index in [1.54, 1.807) is 23.8 Å². The lowest BCUT2D eigenvalue weighted by Crippen LogP contribution is -2.12. The number of thiazole rings is 1. The maximum absolute atomic E-state index is 10.9. The molecule has 0 fully saturated rings. The maximum atomic E-state index is 10.9. The average molecular weight is 373 g/mol. The van der Waals surface area contributed by atoms with E-state index in [9.17, 15) is 5.11 Å². The summed E-state index contributed by atoms with van der Waals surface area (Å²) < 4.78 is 6.75. The van der Waals surface area contributed by atoms with Gasteiger partial charge in [-0.1, -0.05) is 41.7 Å². The van der Waals surface area contributed by atoms with E-state index < -0.39 is 0 Å². The Labute approximate surface area is 158 Å². The number of fused-ring (bicyclic) bond motifs is 2. The van der Waals surface area contributed by atoms with Crippen LogP contribution in [0.3, 0.4) is 0 Å². The Morgan fingerprint density at radius 3 is 2.78 bits per heavy atom. The van der Waals surface area contributed by atoms with Crippen molar-refractivity contribution in [3.63, 3.8) is 0 Å². The largest absolute Gasteiger partial charge is 0.505 e. The van der Waals surface area contributed by atoms with E-state index in [1.165, 1.54) is 0 Å². The third-order valence-electron chi connectivity index (χ3n) is 4.48. The van der Waals surface area contributed by atoms with Crippen LogP contribution < -0.4 is 5.32 Å². The van der Waals surface area contributed by atoms with Crippen LogP contribution in [0.25, 0.3) is 21.1 Å². The highest BCUT2D eigenvalue weighted by atomic mass is 32.1. The van der Waals surface area contributed by atoms with Gasteiger partial charge >= 0.3 is 0 Å². The minimum atomic E-state index is -0.382. The molecule has 0 saturated carbocycles. The van der Waals surface area contributed by atoms with Crippen LogP contribution in [-0.4, -0.2) is 15.1 Å². The number of nitrogens with one attached hydrogen (secondary N) is 1. The second-order valence-electron chi connectivity index (χ2n) is 6.16.